The Morgan fingerprint density at radius 3 is 2.67 bits per heavy atom. The molecule has 0 bridgehead atoms. The average Bonchev–Trinajstić information content (AvgIpc) is 3.09. The van der Waals surface area contributed by atoms with Gasteiger partial charge in [-0.15, -0.1) is 0 Å². The van der Waals surface area contributed by atoms with Crippen LogP contribution in [-0.4, -0.2) is 47.0 Å². The number of allylic oxidation sites excluding steroid dienone is 3. The van der Waals surface area contributed by atoms with E-state index in [0.717, 1.165) is 17.6 Å². The van der Waals surface area contributed by atoms with Crippen molar-refractivity contribution in [2.45, 2.75) is 91.8 Å². The summed E-state index contributed by atoms with van der Waals surface area (Å²) in [4.78, 5) is 18.4. The molecular weight excluding hydrogens is 414 g/mol. The Morgan fingerprint density at radius 1 is 1.30 bits per heavy atom. The first-order valence-corrected chi connectivity index (χ1v) is 12.7. The fraction of sp³-hybridized carbons (Fsp3) is 0.750. The summed E-state index contributed by atoms with van der Waals surface area (Å²) < 4.78 is 0. The molecule has 33 heavy (non-hydrogen) atoms. The molecule has 0 radical (unpaired) electrons. The van der Waals surface area contributed by atoms with Gasteiger partial charge in [0.25, 0.3) is 5.91 Å². The lowest BCUT2D eigenvalue weighted by atomic mass is 9.61. The maximum Gasteiger partial charge on any atom is 0.251 e. The van der Waals surface area contributed by atoms with E-state index < -0.39 is 17.6 Å². The van der Waals surface area contributed by atoms with Crippen molar-refractivity contribution >= 4 is 5.91 Å². The van der Waals surface area contributed by atoms with Crippen LogP contribution in [0.25, 0.3) is 0 Å². The monoisotopic (exact) mass is 459 g/mol. The van der Waals surface area contributed by atoms with E-state index in [9.17, 15) is 15.0 Å². The van der Waals surface area contributed by atoms with Gasteiger partial charge < -0.3 is 10.2 Å². The molecule has 0 aliphatic heterocycles. The molecule has 1 amide bonds. The first-order valence-electron chi connectivity index (χ1n) is 12.7. The standard InChI is InChI=1S/C28H45NO4/c1-18(17-33-29(7)26(32)27(3,4)5)23-12-13-24-20(9-8-14-28(23,24)6)10-11-21-15-22(30)16-25(31)19(21)2/h10-11,18,22-25,30-31H,2,8-9,12-17H2,1,3-7H3/b20-10+,21-11-/t18-,22-,23?,24?,25+,28-/m1/s1. The van der Waals surface area contributed by atoms with Crippen molar-refractivity contribution in [2.75, 3.05) is 13.7 Å². The lowest BCUT2D eigenvalue weighted by molar-refractivity contribution is -0.193. The zero-order valence-electron chi connectivity index (χ0n) is 21.6. The van der Waals surface area contributed by atoms with E-state index in [1.807, 2.05) is 20.8 Å². The second-order valence-corrected chi connectivity index (χ2v) is 12.0. The Hall–Kier alpha value is -1.43. The Balaban J connectivity index is 1.69. The molecule has 3 saturated carbocycles. The second-order valence-electron chi connectivity index (χ2n) is 12.0. The number of carbonyl (C=O) groups excluding carboxylic acids is 1. The molecule has 0 saturated heterocycles. The fourth-order valence-electron chi connectivity index (χ4n) is 6.56. The van der Waals surface area contributed by atoms with E-state index in [2.05, 4.69) is 32.6 Å². The lowest BCUT2D eigenvalue weighted by Gasteiger charge is -2.44. The van der Waals surface area contributed by atoms with Gasteiger partial charge in [0.1, 0.15) is 0 Å². The number of nitrogens with zero attached hydrogens (tertiary/aromatic N) is 1. The highest BCUT2D eigenvalue weighted by Crippen LogP contribution is 2.59. The summed E-state index contributed by atoms with van der Waals surface area (Å²) in [7, 11) is 1.72. The van der Waals surface area contributed by atoms with Crippen molar-refractivity contribution in [3.63, 3.8) is 0 Å². The first-order chi connectivity index (χ1) is 15.3. The van der Waals surface area contributed by atoms with Gasteiger partial charge in [-0.1, -0.05) is 58.9 Å². The van der Waals surface area contributed by atoms with Crippen molar-refractivity contribution in [1.29, 1.82) is 0 Å². The van der Waals surface area contributed by atoms with Gasteiger partial charge in [-0.3, -0.25) is 9.63 Å². The van der Waals surface area contributed by atoms with Crippen molar-refractivity contribution < 1.29 is 19.8 Å². The van der Waals surface area contributed by atoms with Crippen molar-refractivity contribution in [1.82, 2.24) is 5.06 Å². The molecule has 5 heteroatoms. The van der Waals surface area contributed by atoms with Crippen LogP contribution in [0.1, 0.15) is 79.6 Å². The minimum Gasteiger partial charge on any atom is -0.393 e. The largest absolute Gasteiger partial charge is 0.393 e. The first kappa shape index (κ1) is 26.2. The Bertz CT molecular complexity index is 807. The number of amides is 1. The zero-order chi connectivity index (χ0) is 24.6. The van der Waals surface area contributed by atoms with Crippen LogP contribution in [0.15, 0.2) is 35.5 Å². The molecule has 3 aliphatic carbocycles. The number of hydroxylamine groups is 2. The molecule has 0 aromatic heterocycles. The third kappa shape index (κ3) is 5.63. The predicted molar refractivity (Wildman–Crippen MR) is 132 cm³/mol. The average molecular weight is 460 g/mol. The molecule has 5 nitrogen and oxygen atoms in total. The number of rotatable bonds is 5. The molecule has 0 heterocycles. The number of aliphatic hydroxyl groups is 2. The van der Waals surface area contributed by atoms with Crippen molar-refractivity contribution in [3.8, 4) is 0 Å². The topological polar surface area (TPSA) is 70.0 Å². The van der Waals surface area contributed by atoms with E-state index in [1.165, 1.54) is 36.3 Å². The minimum absolute atomic E-state index is 0.000621. The molecule has 2 unspecified atom stereocenters. The summed E-state index contributed by atoms with van der Waals surface area (Å²) >= 11 is 0. The zero-order valence-corrected chi connectivity index (χ0v) is 21.6. The SMILES string of the molecule is C=C1/C(=C\C=C2/CCC[C@@]3(C)C2CCC3[C@H](C)CON(C)C(=O)C(C)(C)C)C[C@@H](O)C[C@@H]1O. The van der Waals surface area contributed by atoms with Crippen LogP contribution in [0.5, 0.6) is 0 Å². The summed E-state index contributed by atoms with van der Waals surface area (Å²) in [5, 5.41) is 21.6. The van der Waals surface area contributed by atoms with Gasteiger partial charge in [0.2, 0.25) is 0 Å². The van der Waals surface area contributed by atoms with Crippen molar-refractivity contribution in [3.05, 3.63) is 35.5 Å². The number of aliphatic hydroxyl groups excluding tert-OH is 2. The van der Waals surface area contributed by atoms with Crippen LogP contribution in [0.4, 0.5) is 0 Å². The molecule has 6 atom stereocenters. The maximum atomic E-state index is 12.4. The van der Waals surface area contributed by atoms with E-state index in [1.54, 1.807) is 7.05 Å². The Morgan fingerprint density at radius 2 is 2.00 bits per heavy atom. The molecule has 186 valence electrons. The summed E-state index contributed by atoms with van der Waals surface area (Å²) in [6.07, 6.45) is 10.1. The Kier molecular flexibility index (Phi) is 7.97. The van der Waals surface area contributed by atoms with Crippen LogP contribution in [0.3, 0.4) is 0 Å². The van der Waals surface area contributed by atoms with Crippen LogP contribution >= 0.6 is 0 Å². The Labute approximate surface area is 200 Å². The van der Waals surface area contributed by atoms with Gasteiger partial charge in [0, 0.05) is 18.9 Å². The lowest BCUT2D eigenvalue weighted by Crippen LogP contribution is -2.40. The van der Waals surface area contributed by atoms with Crippen LogP contribution in [0, 0.1) is 28.6 Å². The number of fused-ring (bicyclic) bond motifs is 1. The molecule has 3 rings (SSSR count). The van der Waals surface area contributed by atoms with Gasteiger partial charge in [-0.25, -0.2) is 5.06 Å². The van der Waals surface area contributed by atoms with E-state index >= 15 is 0 Å². The molecule has 0 aromatic carbocycles. The highest BCUT2D eigenvalue weighted by Gasteiger charge is 2.50. The molecule has 3 fully saturated rings. The predicted octanol–water partition coefficient (Wildman–Crippen LogP) is 5.20. The molecule has 3 aliphatic rings. The highest BCUT2D eigenvalue weighted by molar-refractivity contribution is 5.80. The summed E-state index contributed by atoms with van der Waals surface area (Å²) in [5.41, 5.74) is 3.01. The van der Waals surface area contributed by atoms with Gasteiger partial charge in [0.05, 0.1) is 18.8 Å². The van der Waals surface area contributed by atoms with Crippen molar-refractivity contribution in [2.24, 2.45) is 28.6 Å². The second kappa shape index (κ2) is 10.1. The number of hydrogen-bond acceptors (Lipinski definition) is 4. The molecule has 0 aromatic rings. The number of hydrogen-bond donors (Lipinski definition) is 2. The third-order valence-corrected chi connectivity index (χ3v) is 8.45. The summed E-state index contributed by atoms with van der Waals surface area (Å²) in [6, 6.07) is 0. The molecular formula is C28H45NO4. The van der Waals surface area contributed by atoms with Crippen LogP contribution < -0.4 is 0 Å². The number of carbonyl (C=O) groups is 1. The van der Waals surface area contributed by atoms with E-state index in [0.29, 0.717) is 37.2 Å². The van der Waals surface area contributed by atoms with Gasteiger partial charge in [-0.2, -0.15) is 0 Å². The fourth-order valence-corrected chi connectivity index (χ4v) is 6.56. The van der Waals surface area contributed by atoms with E-state index in [-0.39, 0.29) is 11.3 Å². The van der Waals surface area contributed by atoms with Gasteiger partial charge in [0.15, 0.2) is 0 Å². The normalized spacial score (nSPS) is 36.2. The quantitative estimate of drug-likeness (QED) is 0.555. The molecule has 2 N–H and O–H groups in total. The summed E-state index contributed by atoms with van der Waals surface area (Å²) in [5.74, 6) is 1.48. The third-order valence-electron chi connectivity index (χ3n) is 8.45. The van der Waals surface area contributed by atoms with Gasteiger partial charge >= 0.3 is 0 Å². The molecule has 0 spiro atoms. The maximum absolute atomic E-state index is 12.4. The van der Waals surface area contributed by atoms with Crippen LogP contribution in [0.2, 0.25) is 0 Å². The van der Waals surface area contributed by atoms with E-state index in [4.69, 9.17) is 4.84 Å². The van der Waals surface area contributed by atoms with Crippen LogP contribution in [-0.2, 0) is 9.63 Å². The smallest absolute Gasteiger partial charge is 0.251 e. The summed E-state index contributed by atoms with van der Waals surface area (Å²) in [6.45, 7) is 15.1. The van der Waals surface area contributed by atoms with Gasteiger partial charge in [-0.05, 0) is 72.8 Å². The minimum atomic E-state index is -0.643. The highest BCUT2D eigenvalue weighted by atomic mass is 16.7.